The second-order valence-electron chi connectivity index (χ2n) is 11.4. The predicted molar refractivity (Wildman–Crippen MR) is 167 cm³/mol. The van der Waals surface area contributed by atoms with Gasteiger partial charge in [-0.1, -0.05) is 18.2 Å². The number of benzene rings is 2. The molecule has 0 spiro atoms. The minimum Gasteiger partial charge on any atom is -0.354 e. The largest absolute Gasteiger partial charge is 0.354 e. The quantitative estimate of drug-likeness (QED) is 0.302. The van der Waals surface area contributed by atoms with Crippen LogP contribution in [0.2, 0.25) is 0 Å². The molecule has 4 aromatic rings. The van der Waals surface area contributed by atoms with Crippen molar-refractivity contribution >= 4 is 38.8 Å². The Morgan fingerprint density at radius 3 is 2.58 bits per heavy atom. The molecule has 236 valence electrons. The van der Waals surface area contributed by atoms with Crippen LogP contribution in [0.5, 0.6) is 0 Å². The van der Waals surface area contributed by atoms with E-state index in [1.165, 1.54) is 33.7 Å². The maximum absolute atomic E-state index is 15.6. The lowest BCUT2D eigenvalue weighted by atomic mass is 9.96. The SMILES string of the molecule is CC(=O)N1CCc2ccc(CCNc3ncc4cc(-c5c(F)ccc(NS(=O)(=O)N6CCCC6)c5F)c(=O)n(C)c4n3)cc2C1. The molecule has 2 aliphatic rings. The van der Waals surface area contributed by atoms with Crippen LogP contribution in [0, 0.1) is 11.6 Å². The number of amides is 1. The number of rotatable bonds is 8. The Bertz CT molecular complexity index is 1980. The zero-order valence-corrected chi connectivity index (χ0v) is 25.8. The van der Waals surface area contributed by atoms with Gasteiger partial charge in [-0.2, -0.15) is 17.7 Å². The Morgan fingerprint density at radius 1 is 1.04 bits per heavy atom. The molecule has 1 fully saturated rings. The summed E-state index contributed by atoms with van der Waals surface area (Å²) < 4.78 is 60.7. The number of carbonyl (C=O) groups excluding carboxylic acids is 1. The Labute approximate surface area is 259 Å². The van der Waals surface area contributed by atoms with E-state index in [0.717, 1.165) is 36.2 Å². The Morgan fingerprint density at radius 2 is 1.82 bits per heavy atom. The standard InChI is InChI=1S/C31H33F2N7O4S/c1-19(41)39-14-10-21-6-5-20(15-23(21)18-39)9-11-34-31-35-17-22-16-24(30(42)38(2)29(22)36-31)27-25(32)7-8-26(28(27)33)37-45(43,44)40-12-3-4-13-40/h5-8,15-17,37H,3-4,9-14,18H2,1-2H3,(H,34,35,36). The van der Waals surface area contributed by atoms with Gasteiger partial charge in [0, 0.05) is 58.3 Å². The van der Waals surface area contributed by atoms with Crippen LogP contribution >= 0.6 is 0 Å². The van der Waals surface area contributed by atoms with Gasteiger partial charge in [-0.15, -0.1) is 0 Å². The minimum atomic E-state index is -4.04. The average molecular weight is 638 g/mol. The van der Waals surface area contributed by atoms with Crippen molar-refractivity contribution in [1.29, 1.82) is 0 Å². The molecule has 14 heteroatoms. The van der Waals surface area contributed by atoms with E-state index in [0.29, 0.717) is 50.8 Å². The van der Waals surface area contributed by atoms with Gasteiger partial charge in [0.15, 0.2) is 5.82 Å². The summed E-state index contributed by atoms with van der Waals surface area (Å²) in [5, 5.41) is 3.53. The third-order valence-corrected chi connectivity index (χ3v) is 9.90. The number of halogens is 2. The van der Waals surface area contributed by atoms with Gasteiger partial charge in [-0.05, 0) is 60.6 Å². The van der Waals surface area contributed by atoms with Crippen molar-refractivity contribution in [2.24, 2.45) is 7.05 Å². The molecule has 6 rings (SSSR count). The number of carbonyl (C=O) groups is 1. The van der Waals surface area contributed by atoms with E-state index in [4.69, 9.17) is 0 Å². The summed E-state index contributed by atoms with van der Waals surface area (Å²) in [6.45, 7) is 4.02. The maximum Gasteiger partial charge on any atom is 0.301 e. The van der Waals surface area contributed by atoms with E-state index < -0.39 is 38.7 Å². The molecule has 0 saturated carbocycles. The number of fused-ring (bicyclic) bond motifs is 2. The second kappa shape index (κ2) is 12.2. The van der Waals surface area contributed by atoms with Crippen LogP contribution in [0.25, 0.3) is 22.2 Å². The Balaban J connectivity index is 1.21. The van der Waals surface area contributed by atoms with Gasteiger partial charge in [0.2, 0.25) is 11.9 Å². The van der Waals surface area contributed by atoms with Crippen molar-refractivity contribution in [1.82, 2.24) is 23.7 Å². The van der Waals surface area contributed by atoms with Crippen molar-refractivity contribution in [3.8, 4) is 11.1 Å². The predicted octanol–water partition coefficient (Wildman–Crippen LogP) is 3.59. The van der Waals surface area contributed by atoms with Gasteiger partial charge in [0.05, 0.1) is 16.8 Å². The van der Waals surface area contributed by atoms with Crippen molar-refractivity contribution in [2.45, 2.75) is 39.2 Å². The van der Waals surface area contributed by atoms with Crippen LogP contribution in [-0.4, -0.2) is 64.2 Å². The van der Waals surface area contributed by atoms with Crippen LogP contribution in [0.15, 0.2) is 47.4 Å². The fraction of sp³-hybridized carbons (Fsp3) is 0.355. The van der Waals surface area contributed by atoms with Crippen molar-refractivity contribution < 1.29 is 22.0 Å². The molecule has 2 aromatic carbocycles. The number of pyridine rings is 1. The van der Waals surface area contributed by atoms with Crippen LogP contribution in [0.4, 0.5) is 20.4 Å². The lowest BCUT2D eigenvalue weighted by molar-refractivity contribution is -0.129. The summed E-state index contributed by atoms with van der Waals surface area (Å²) in [5.74, 6) is -1.86. The number of anilines is 2. The average Bonchev–Trinajstić information content (AvgIpc) is 3.57. The summed E-state index contributed by atoms with van der Waals surface area (Å²) in [4.78, 5) is 35.8. The third kappa shape index (κ3) is 6.12. The highest BCUT2D eigenvalue weighted by Gasteiger charge is 2.28. The highest BCUT2D eigenvalue weighted by molar-refractivity contribution is 7.90. The maximum atomic E-state index is 15.6. The molecular formula is C31H33F2N7O4S. The Kier molecular flexibility index (Phi) is 8.27. The summed E-state index contributed by atoms with van der Waals surface area (Å²) in [5.41, 5.74) is 1.65. The fourth-order valence-corrected chi connectivity index (χ4v) is 7.18. The highest BCUT2D eigenvalue weighted by atomic mass is 32.2. The Hall–Kier alpha value is -4.43. The van der Waals surface area contributed by atoms with Crippen LogP contribution in [0.1, 0.15) is 36.5 Å². The van der Waals surface area contributed by atoms with Gasteiger partial charge < -0.3 is 10.2 Å². The molecule has 2 aliphatic heterocycles. The van der Waals surface area contributed by atoms with E-state index in [9.17, 15) is 18.0 Å². The molecule has 11 nitrogen and oxygen atoms in total. The van der Waals surface area contributed by atoms with E-state index in [-0.39, 0.29) is 23.1 Å². The van der Waals surface area contributed by atoms with E-state index >= 15 is 8.78 Å². The highest BCUT2D eigenvalue weighted by Crippen LogP contribution is 2.31. The molecule has 0 unspecified atom stereocenters. The van der Waals surface area contributed by atoms with Crippen molar-refractivity contribution in [3.05, 3.63) is 81.3 Å². The normalized spacial score (nSPS) is 15.3. The zero-order chi connectivity index (χ0) is 31.9. The number of aromatic nitrogens is 3. The second-order valence-corrected chi connectivity index (χ2v) is 13.0. The number of nitrogens with one attached hydrogen (secondary N) is 2. The minimum absolute atomic E-state index is 0.0619. The molecule has 2 N–H and O–H groups in total. The first-order valence-corrected chi connectivity index (χ1v) is 16.2. The topological polar surface area (TPSA) is 130 Å². The van der Waals surface area contributed by atoms with Crippen LogP contribution < -0.4 is 15.6 Å². The van der Waals surface area contributed by atoms with E-state index in [2.05, 4.69) is 38.2 Å². The van der Waals surface area contributed by atoms with Gasteiger partial charge in [-0.25, -0.2) is 13.8 Å². The number of hydrogen-bond acceptors (Lipinski definition) is 7. The van der Waals surface area contributed by atoms with Crippen molar-refractivity contribution in [3.63, 3.8) is 0 Å². The first kappa shape index (κ1) is 30.6. The van der Waals surface area contributed by atoms with Crippen molar-refractivity contribution in [2.75, 3.05) is 36.2 Å². The lowest BCUT2D eigenvalue weighted by Gasteiger charge is -2.28. The smallest absolute Gasteiger partial charge is 0.301 e. The monoisotopic (exact) mass is 637 g/mol. The number of aryl methyl sites for hydroxylation is 1. The third-order valence-electron chi connectivity index (χ3n) is 8.38. The molecule has 4 heterocycles. The fourth-order valence-electron chi connectivity index (χ4n) is 5.87. The molecule has 0 bridgehead atoms. The molecule has 2 aromatic heterocycles. The van der Waals surface area contributed by atoms with Crippen LogP contribution in [0.3, 0.4) is 0 Å². The molecule has 0 aliphatic carbocycles. The number of hydrogen-bond donors (Lipinski definition) is 2. The lowest BCUT2D eigenvalue weighted by Crippen LogP contribution is -2.34. The molecule has 1 amide bonds. The summed E-state index contributed by atoms with van der Waals surface area (Å²) >= 11 is 0. The molecule has 1 saturated heterocycles. The van der Waals surface area contributed by atoms with E-state index in [1.807, 2.05) is 4.90 Å². The van der Waals surface area contributed by atoms with Gasteiger partial charge >= 0.3 is 10.2 Å². The first-order chi connectivity index (χ1) is 21.5. The summed E-state index contributed by atoms with van der Waals surface area (Å²) in [7, 11) is -2.60. The number of nitrogens with zero attached hydrogens (tertiary/aromatic N) is 5. The molecule has 0 radical (unpaired) electrons. The van der Waals surface area contributed by atoms with Gasteiger partial charge in [-0.3, -0.25) is 18.9 Å². The molecule has 0 atom stereocenters. The molecule has 45 heavy (non-hydrogen) atoms. The summed E-state index contributed by atoms with van der Waals surface area (Å²) in [6, 6.07) is 9.52. The zero-order valence-electron chi connectivity index (χ0n) is 24.9. The molecular weight excluding hydrogens is 604 g/mol. The van der Waals surface area contributed by atoms with Gasteiger partial charge in [0.25, 0.3) is 5.56 Å². The van der Waals surface area contributed by atoms with Crippen LogP contribution in [-0.2, 0) is 41.4 Å². The van der Waals surface area contributed by atoms with Gasteiger partial charge in [0.1, 0.15) is 11.5 Å². The first-order valence-electron chi connectivity index (χ1n) is 14.7. The van der Waals surface area contributed by atoms with E-state index in [1.54, 1.807) is 6.92 Å². The summed E-state index contributed by atoms with van der Waals surface area (Å²) in [6.07, 6.45) is 4.35.